The molecule has 0 saturated carbocycles. The molecule has 4 N–H and O–H groups in total. The molecule has 8 heteroatoms. The molecule has 1 rings (SSSR count). The van der Waals surface area contributed by atoms with Gasteiger partial charge in [0.2, 0.25) is 5.91 Å². The summed E-state index contributed by atoms with van der Waals surface area (Å²) in [6.45, 7) is 0.692. The largest absolute Gasteiger partial charge is 0.480 e. The van der Waals surface area contributed by atoms with Crippen LogP contribution in [-0.2, 0) is 23.9 Å². The van der Waals surface area contributed by atoms with E-state index in [1.807, 2.05) is 0 Å². The van der Waals surface area contributed by atoms with Gasteiger partial charge in [0.15, 0.2) is 0 Å². The van der Waals surface area contributed by atoms with Crippen LogP contribution in [0.4, 0.5) is 0 Å². The molecule has 0 aromatic rings. The average Bonchev–Trinajstić information content (AvgIpc) is 2.38. The van der Waals surface area contributed by atoms with Crippen LogP contribution in [0.1, 0.15) is 19.3 Å². The maximum absolute atomic E-state index is 12.0. The fourth-order valence-electron chi connectivity index (χ4n) is 1.71. The van der Waals surface area contributed by atoms with Crippen LogP contribution in [0.2, 0.25) is 0 Å². The lowest BCUT2D eigenvalue weighted by molar-refractivity contribution is -0.149. The molecular weight excluding hydrogens is 256 g/mol. The highest BCUT2D eigenvalue weighted by Crippen LogP contribution is 2.18. The van der Waals surface area contributed by atoms with E-state index in [0.29, 0.717) is 26.1 Å². The van der Waals surface area contributed by atoms with Crippen LogP contribution in [0, 0.1) is 0 Å². The van der Waals surface area contributed by atoms with Crippen molar-refractivity contribution in [3.8, 4) is 0 Å². The number of aliphatic carboxylic acids is 1. The van der Waals surface area contributed by atoms with Gasteiger partial charge in [0.25, 0.3) is 0 Å². The molecule has 1 aliphatic heterocycles. The highest BCUT2D eigenvalue weighted by atomic mass is 16.5. The Kier molecular flexibility index (Phi) is 5.25. The summed E-state index contributed by atoms with van der Waals surface area (Å²) in [5, 5.41) is 11.2. The van der Waals surface area contributed by atoms with Gasteiger partial charge in [-0.3, -0.25) is 9.59 Å². The maximum atomic E-state index is 12.0. The molecule has 1 amide bonds. The van der Waals surface area contributed by atoms with Crippen LogP contribution >= 0.6 is 0 Å². The first-order valence-corrected chi connectivity index (χ1v) is 5.86. The van der Waals surface area contributed by atoms with Crippen molar-refractivity contribution in [3.05, 3.63) is 0 Å². The summed E-state index contributed by atoms with van der Waals surface area (Å²) < 4.78 is 9.48. The van der Waals surface area contributed by atoms with E-state index >= 15 is 0 Å². The van der Waals surface area contributed by atoms with Gasteiger partial charge < -0.3 is 25.6 Å². The molecule has 1 saturated heterocycles. The van der Waals surface area contributed by atoms with Crippen molar-refractivity contribution in [1.29, 1.82) is 0 Å². The number of methoxy groups -OCH3 is 1. The Labute approximate surface area is 110 Å². The summed E-state index contributed by atoms with van der Waals surface area (Å²) in [6, 6.07) is -1.34. The molecule has 0 aromatic heterocycles. The van der Waals surface area contributed by atoms with Crippen LogP contribution < -0.4 is 11.1 Å². The van der Waals surface area contributed by atoms with Gasteiger partial charge in [0.05, 0.1) is 19.1 Å². The molecule has 0 bridgehead atoms. The molecular formula is C11H18N2O6. The fourth-order valence-corrected chi connectivity index (χ4v) is 1.71. The minimum absolute atomic E-state index is 0.309. The van der Waals surface area contributed by atoms with Crippen molar-refractivity contribution in [2.75, 3.05) is 20.3 Å². The molecule has 1 atom stereocenters. The quantitative estimate of drug-likeness (QED) is 0.527. The summed E-state index contributed by atoms with van der Waals surface area (Å²) in [5.74, 6) is -2.62. The number of carboxylic acid groups (broad SMARTS) is 1. The predicted octanol–water partition coefficient (Wildman–Crippen LogP) is -1.37. The SMILES string of the molecule is COC(=O)C[C@H](NC(=O)C1(N)CCOCC1)C(=O)O. The van der Waals surface area contributed by atoms with E-state index in [4.69, 9.17) is 15.6 Å². The predicted molar refractivity (Wildman–Crippen MR) is 63.2 cm³/mol. The number of carbonyl (C=O) groups is 3. The number of nitrogens with two attached hydrogens (primary N) is 1. The third-order valence-corrected chi connectivity index (χ3v) is 3.04. The molecule has 1 aliphatic rings. The lowest BCUT2D eigenvalue weighted by Crippen LogP contribution is -2.60. The second-order valence-electron chi connectivity index (χ2n) is 4.41. The lowest BCUT2D eigenvalue weighted by atomic mass is 9.90. The van der Waals surface area contributed by atoms with Gasteiger partial charge in [-0.05, 0) is 12.8 Å². The molecule has 0 unspecified atom stereocenters. The van der Waals surface area contributed by atoms with E-state index in [0.717, 1.165) is 7.11 Å². The van der Waals surface area contributed by atoms with E-state index in [9.17, 15) is 14.4 Å². The standard InChI is InChI=1S/C11H18N2O6/c1-18-8(14)6-7(9(15)16)13-10(17)11(12)2-4-19-5-3-11/h7H,2-6,12H2,1H3,(H,13,17)(H,15,16)/t7-/m0/s1. The highest BCUT2D eigenvalue weighted by molar-refractivity contribution is 5.91. The molecule has 108 valence electrons. The fraction of sp³-hybridized carbons (Fsp3) is 0.727. The summed E-state index contributed by atoms with van der Waals surface area (Å²) in [6.07, 6.45) is 0.178. The molecule has 8 nitrogen and oxygen atoms in total. The second-order valence-corrected chi connectivity index (χ2v) is 4.41. The first-order chi connectivity index (χ1) is 8.89. The van der Waals surface area contributed by atoms with E-state index in [1.165, 1.54) is 0 Å². The number of ether oxygens (including phenoxy) is 2. The van der Waals surface area contributed by atoms with Crippen molar-refractivity contribution in [1.82, 2.24) is 5.32 Å². The van der Waals surface area contributed by atoms with Crippen molar-refractivity contribution in [2.45, 2.75) is 30.8 Å². The zero-order valence-electron chi connectivity index (χ0n) is 10.7. The third kappa shape index (κ3) is 4.18. The Balaban J connectivity index is 2.65. The molecule has 0 aromatic carbocycles. The van der Waals surface area contributed by atoms with E-state index in [2.05, 4.69) is 10.1 Å². The molecule has 19 heavy (non-hydrogen) atoms. The van der Waals surface area contributed by atoms with Crippen LogP contribution in [0.25, 0.3) is 0 Å². The van der Waals surface area contributed by atoms with Crippen LogP contribution in [0.15, 0.2) is 0 Å². The first kappa shape index (κ1) is 15.4. The van der Waals surface area contributed by atoms with Crippen LogP contribution in [0.5, 0.6) is 0 Å². The number of esters is 1. The van der Waals surface area contributed by atoms with E-state index in [-0.39, 0.29) is 0 Å². The van der Waals surface area contributed by atoms with Gasteiger partial charge in [0.1, 0.15) is 6.04 Å². The molecule has 0 aliphatic carbocycles. The topological polar surface area (TPSA) is 128 Å². The summed E-state index contributed by atoms with van der Waals surface area (Å²) in [5.41, 5.74) is 4.76. The Bertz CT molecular complexity index is 364. The Hall–Kier alpha value is -1.67. The monoisotopic (exact) mass is 274 g/mol. The first-order valence-electron chi connectivity index (χ1n) is 5.86. The zero-order chi connectivity index (χ0) is 14.5. The smallest absolute Gasteiger partial charge is 0.326 e. The maximum Gasteiger partial charge on any atom is 0.326 e. The average molecular weight is 274 g/mol. The summed E-state index contributed by atoms with van der Waals surface area (Å²) in [7, 11) is 1.14. The minimum Gasteiger partial charge on any atom is -0.480 e. The number of carbonyl (C=O) groups excluding carboxylic acids is 2. The number of amides is 1. The van der Waals surface area contributed by atoms with E-state index < -0.39 is 35.8 Å². The number of hydrogen-bond donors (Lipinski definition) is 3. The van der Waals surface area contributed by atoms with Gasteiger partial charge in [-0.15, -0.1) is 0 Å². The zero-order valence-corrected chi connectivity index (χ0v) is 10.7. The second kappa shape index (κ2) is 6.48. The number of rotatable bonds is 5. The van der Waals surface area contributed by atoms with Gasteiger partial charge in [-0.1, -0.05) is 0 Å². The minimum atomic E-state index is -1.34. The van der Waals surface area contributed by atoms with Crippen molar-refractivity contribution in [3.63, 3.8) is 0 Å². The number of carboxylic acids is 1. The lowest BCUT2D eigenvalue weighted by Gasteiger charge is -2.32. The van der Waals surface area contributed by atoms with Gasteiger partial charge in [0, 0.05) is 13.2 Å². The Morgan fingerprint density at radius 2 is 2.00 bits per heavy atom. The van der Waals surface area contributed by atoms with Crippen molar-refractivity contribution in [2.24, 2.45) is 5.73 Å². The summed E-state index contributed by atoms with van der Waals surface area (Å²) >= 11 is 0. The summed E-state index contributed by atoms with van der Waals surface area (Å²) in [4.78, 5) is 34.1. The van der Waals surface area contributed by atoms with Gasteiger partial charge >= 0.3 is 11.9 Å². The number of hydrogen-bond acceptors (Lipinski definition) is 6. The molecule has 1 heterocycles. The van der Waals surface area contributed by atoms with E-state index in [1.54, 1.807) is 0 Å². The van der Waals surface area contributed by atoms with Gasteiger partial charge in [-0.25, -0.2) is 4.79 Å². The van der Waals surface area contributed by atoms with Crippen LogP contribution in [-0.4, -0.2) is 54.9 Å². The Morgan fingerprint density at radius 3 is 2.47 bits per heavy atom. The van der Waals surface area contributed by atoms with Crippen molar-refractivity contribution < 1.29 is 29.0 Å². The molecule has 0 radical (unpaired) electrons. The molecule has 1 fully saturated rings. The molecule has 0 spiro atoms. The Morgan fingerprint density at radius 1 is 1.42 bits per heavy atom. The highest BCUT2D eigenvalue weighted by Gasteiger charge is 2.38. The van der Waals surface area contributed by atoms with Gasteiger partial charge in [-0.2, -0.15) is 0 Å². The van der Waals surface area contributed by atoms with Crippen molar-refractivity contribution >= 4 is 17.8 Å². The third-order valence-electron chi connectivity index (χ3n) is 3.04. The normalized spacial score (nSPS) is 19.3. The number of nitrogens with one attached hydrogen (secondary N) is 1. The van der Waals surface area contributed by atoms with Crippen LogP contribution in [0.3, 0.4) is 0 Å².